The zero-order valence-corrected chi connectivity index (χ0v) is 13.5. The highest BCUT2D eigenvalue weighted by Crippen LogP contribution is 2.29. The first-order valence-corrected chi connectivity index (χ1v) is 8.90. The molecule has 2 N–H and O–H groups in total. The van der Waals surface area contributed by atoms with E-state index >= 15 is 0 Å². The van der Waals surface area contributed by atoms with Gasteiger partial charge < -0.3 is 10.0 Å². The van der Waals surface area contributed by atoms with Crippen LogP contribution < -0.4 is 9.62 Å². The minimum Gasteiger partial charge on any atom is -0.390 e. The third-order valence-electron chi connectivity index (χ3n) is 3.89. The third kappa shape index (κ3) is 3.96. The molecule has 5 nitrogen and oxygen atoms in total. The molecule has 0 aliphatic carbocycles. The van der Waals surface area contributed by atoms with Crippen LogP contribution in [-0.4, -0.2) is 38.8 Å². The SMILES string of the molecule is CCNS(=O)(=O)c1ccccc1N1CCCC(C)(O)CC1. The molecule has 1 atom stereocenters. The standard InChI is InChI=1S/C15H24N2O3S/c1-3-16-21(19,20)14-8-5-4-7-13(14)17-11-6-9-15(2,18)10-12-17/h4-5,7-8,16,18H,3,6,9-12H2,1-2H3. The summed E-state index contributed by atoms with van der Waals surface area (Å²) in [5.41, 5.74) is 0.0562. The Hall–Kier alpha value is -1.11. The Labute approximate surface area is 127 Å². The quantitative estimate of drug-likeness (QED) is 0.888. The molecule has 0 radical (unpaired) electrons. The predicted octanol–water partition coefficient (Wildman–Crippen LogP) is 1.73. The molecular formula is C15H24N2O3S. The highest BCUT2D eigenvalue weighted by molar-refractivity contribution is 7.89. The van der Waals surface area contributed by atoms with Crippen LogP contribution in [0.3, 0.4) is 0 Å². The molecule has 1 saturated heterocycles. The number of hydrogen-bond acceptors (Lipinski definition) is 4. The Morgan fingerprint density at radius 3 is 2.71 bits per heavy atom. The first-order chi connectivity index (χ1) is 9.86. The van der Waals surface area contributed by atoms with Crippen LogP contribution in [0.4, 0.5) is 5.69 Å². The van der Waals surface area contributed by atoms with E-state index in [1.54, 1.807) is 19.1 Å². The van der Waals surface area contributed by atoms with Gasteiger partial charge in [0.1, 0.15) is 4.90 Å². The predicted molar refractivity (Wildman–Crippen MR) is 84.0 cm³/mol. The Bertz CT molecular complexity index is 584. The summed E-state index contributed by atoms with van der Waals surface area (Å²) in [7, 11) is -3.49. The van der Waals surface area contributed by atoms with Crippen LogP contribution in [0.25, 0.3) is 0 Å². The summed E-state index contributed by atoms with van der Waals surface area (Å²) in [6, 6.07) is 7.06. The fraction of sp³-hybridized carbons (Fsp3) is 0.600. The van der Waals surface area contributed by atoms with E-state index < -0.39 is 15.6 Å². The second-order valence-electron chi connectivity index (χ2n) is 5.81. The maximum atomic E-state index is 12.3. The Morgan fingerprint density at radius 1 is 1.29 bits per heavy atom. The van der Waals surface area contributed by atoms with Gasteiger partial charge in [0, 0.05) is 19.6 Å². The van der Waals surface area contributed by atoms with Gasteiger partial charge in [0.15, 0.2) is 0 Å². The van der Waals surface area contributed by atoms with Gasteiger partial charge in [-0.1, -0.05) is 19.1 Å². The molecule has 1 unspecified atom stereocenters. The van der Waals surface area contributed by atoms with Crippen molar-refractivity contribution in [2.45, 2.75) is 43.6 Å². The van der Waals surface area contributed by atoms with E-state index in [1.165, 1.54) is 0 Å². The lowest BCUT2D eigenvalue weighted by Gasteiger charge is -2.26. The second-order valence-corrected chi connectivity index (χ2v) is 7.54. The average Bonchev–Trinajstić information content (AvgIpc) is 2.60. The Balaban J connectivity index is 2.32. The minimum atomic E-state index is -3.49. The molecule has 0 bridgehead atoms. The molecule has 2 rings (SSSR count). The van der Waals surface area contributed by atoms with E-state index in [4.69, 9.17) is 0 Å². The van der Waals surface area contributed by atoms with Gasteiger partial charge in [-0.2, -0.15) is 0 Å². The number of aliphatic hydroxyl groups is 1. The lowest BCUT2D eigenvalue weighted by atomic mass is 9.98. The molecule has 0 spiro atoms. The van der Waals surface area contributed by atoms with E-state index in [2.05, 4.69) is 9.62 Å². The lowest BCUT2D eigenvalue weighted by molar-refractivity contribution is 0.0481. The molecule has 1 aromatic rings. The van der Waals surface area contributed by atoms with Crippen molar-refractivity contribution in [1.82, 2.24) is 4.72 Å². The van der Waals surface area contributed by atoms with Gasteiger partial charge in [-0.15, -0.1) is 0 Å². The molecule has 1 fully saturated rings. The maximum Gasteiger partial charge on any atom is 0.242 e. The molecule has 1 aromatic carbocycles. The molecule has 1 aliphatic heterocycles. The first-order valence-electron chi connectivity index (χ1n) is 7.42. The number of para-hydroxylation sites is 1. The molecular weight excluding hydrogens is 288 g/mol. The zero-order chi connectivity index (χ0) is 15.5. The number of sulfonamides is 1. The third-order valence-corrected chi connectivity index (χ3v) is 5.49. The van der Waals surface area contributed by atoms with E-state index in [1.807, 2.05) is 19.1 Å². The highest BCUT2D eigenvalue weighted by atomic mass is 32.2. The fourth-order valence-electron chi connectivity index (χ4n) is 2.72. The Morgan fingerprint density at radius 2 is 2.00 bits per heavy atom. The molecule has 21 heavy (non-hydrogen) atoms. The summed E-state index contributed by atoms with van der Waals surface area (Å²) in [5, 5.41) is 10.2. The van der Waals surface area contributed by atoms with Crippen LogP contribution in [0.1, 0.15) is 33.1 Å². The maximum absolute atomic E-state index is 12.3. The van der Waals surface area contributed by atoms with Crippen LogP contribution in [0.15, 0.2) is 29.2 Å². The number of benzene rings is 1. The van der Waals surface area contributed by atoms with Gasteiger partial charge in [0.2, 0.25) is 10.0 Å². The Kier molecular flexibility index (Phi) is 4.91. The molecule has 0 aromatic heterocycles. The molecule has 0 amide bonds. The summed E-state index contributed by atoms with van der Waals surface area (Å²) >= 11 is 0. The molecule has 0 saturated carbocycles. The van der Waals surface area contributed by atoms with Crippen LogP contribution in [0, 0.1) is 0 Å². The first kappa shape index (κ1) is 16.3. The normalized spacial score (nSPS) is 23.9. The molecule has 1 heterocycles. The van der Waals surface area contributed by atoms with Gasteiger partial charge >= 0.3 is 0 Å². The summed E-state index contributed by atoms with van der Waals surface area (Å²) in [6.45, 7) is 5.40. The van der Waals surface area contributed by atoms with Crippen LogP contribution in [0.2, 0.25) is 0 Å². The van der Waals surface area contributed by atoms with Crippen LogP contribution in [0.5, 0.6) is 0 Å². The van der Waals surface area contributed by atoms with Gasteiger partial charge in [0.25, 0.3) is 0 Å². The zero-order valence-electron chi connectivity index (χ0n) is 12.7. The second kappa shape index (κ2) is 6.34. The molecule has 1 aliphatic rings. The largest absolute Gasteiger partial charge is 0.390 e. The van der Waals surface area contributed by atoms with Crippen molar-refractivity contribution in [1.29, 1.82) is 0 Å². The van der Waals surface area contributed by atoms with Crippen molar-refractivity contribution >= 4 is 15.7 Å². The van der Waals surface area contributed by atoms with E-state index in [0.29, 0.717) is 24.4 Å². The van der Waals surface area contributed by atoms with Crippen molar-refractivity contribution in [2.75, 3.05) is 24.5 Å². The summed E-state index contributed by atoms with van der Waals surface area (Å²) in [6.07, 6.45) is 2.23. The van der Waals surface area contributed by atoms with Crippen molar-refractivity contribution < 1.29 is 13.5 Å². The van der Waals surface area contributed by atoms with Gasteiger partial charge in [-0.3, -0.25) is 0 Å². The number of hydrogen-bond donors (Lipinski definition) is 2. The topological polar surface area (TPSA) is 69.6 Å². The smallest absolute Gasteiger partial charge is 0.242 e. The van der Waals surface area contributed by atoms with E-state index in [-0.39, 0.29) is 0 Å². The summed E-state index contributed by atoms with van der Waals surface area (Å²) in [4.78, 5) is 2.37. The van der Waals surface area contributed by atoms with Crippen molar-refractivity contribution in [2.24, 2.45) is 0 Å². The van der Waals surface area contributed by atoms with Crippen molar-refractivity contribution in [3.8, 4) is 0 Å². The van der Waals surface area contributed by atoms with Gasteiger partial charge in [0.05, 0.1) is 11.3 Å². The number of nitrogens with zero attached hydrogens (tertiary/aromatic N) is 1. The lowest BCUT2D eigenvalue weighted by Crippen LogP contribution is -2.31. The van der Waals surface area contributed by atoms with Crippen LogP contribution in [-0.2, 0) is 10.0 Å². The van der Waals surface area contributed by atoms with Crippen molar-refractivity contribution in [3.63, 3.8) is 0 Å². The van der Waals surface area contributed by atoms with E-state index in [9.17, 15) is 13.5 Å². The van der Waals surface area contributed by atoms with Gasteiger partial charge in [-0.05, 0) is 38.3 Å². The summed E-state index contributed by atoms with van der Waals surface area (Å²) < 4.78 is 27.2. The van der Waals surface area contributed by atoms with E-state index in [0.717, 1.165) is 25.1 Å². The summed E-state index contributed by atoms with van der Waals surface area (Å²) in [5.74, 6) is 0. The monoisotopic (exact) mass is 312 g/mol. The number of rotatable bonds is 4. The molecule has 118 valence electrons. The highest BCUT2D eigenvalue weighted by Gasteiger charge is 2.27. The average molecular weight is 312 g/mol. The fourth-order valence-corrected chi connectivity index (χ4v) is 3.98. The van der Waals surface area contributed by atoms with Gasteiger partial charge in [-0.25, -0.2) is 13.1 Å². The minimum absolute atomic E-state index is 0.313. The number of nitrogens with one attached hydrogen (secondary N) is 1. The number of anilines is 1. The van der Waals surface area contributed by atoms with Crippen LogP contribution >= 0.6 is 0 Å². The molecule has 6 heteroatoms. The van der Waals surface area contributed by atoms with Crippen molar-refractivity contribution in [3.05, 3.63) is 24.3 Å².